The maximum atomic E-state index is 13.6. The van der Waals surface area contributed by atoms with Gasteiger partial charge in [-0.05, 0) is 67.1 Å². The average molecular weight is 604 g/mol. The van der Waals surface area contributed by atoms with Crippen LogP contribution in [0.3, 0.4) is 0 Å². The van der Waals surface area contributed by atoms with Gasteiger partial charge in [-0.1, -0.05) is 44.7 Å². The average Bonchev–Trinajstić information content (AvgIpc) is 2.95. The van der Waals surface area contributed by atoms with Crippen molar-refractivity contribution in [3.63, 3.8) is 0 Å². The fourth-order valence-corrected chi connectivity index (χ4v) is 5.14. The minimum Gasteiger partial charge on any atom is -0.490 e. The van der Waals surface area contributed by atoms with E-state index in [0.29, 0.717) is 17.9 Å². The Hall–Kier alpha value is -4.03. The molecule has 0 heterocycles. The topological polar surface area (TPSA) is 140 Å². The van der Waals surface area contributed by atoms with E-state index in [4.69, 9.17) is 9.47 Å². The van der Waals surface area contributed by atoms with Crippen molar-refractivity contribution < 1.29 is 36.7 Å². The summed E-state index contributed by atoms with van der Waals surface area (Å²) in [6.45, 7) is 11.2. The number of ether oxygens (including phenoxy) is 2. The first-order valence-electron chi connectivity index (χ1n) is 13.3. The quantitative estimate of drug-likeness (QED) is 0.187. The van der Waals surface area contributed by atoms with Gasteiger partial charge in [0.25, 0.3) is 0 Å². The van der Waals surface area contributed by atoms with E-state index < -0.39 is 51.7 Å². The minimum absolute atomic E-state index is 0.0468. The lowest BCUT2D eigenvalue weighted by molar-refractivity contribution is -0.145. The Morgan fingerprint density at radius 1 is 0.905 bits per heavy atom. The number of carbonyl (C=O) groups excluding carboxylic acids is 3. The largest absolute Gasteiger partial charge is 0.490 e. The lowest BCUT2D eigenvalue weighted by atomic mass is 10.0. The van der Waals surface area contributed by atoms with Gasteiger partial charge in [0.15, 0.2) is 0 Å². The lowest BCUT2D eigenvalue weighted by Gasteiger charge is -2.25. The highest BCUT2D eigenvalue weighted by Gasteiger charge is 2.32. The van der Waals surface area contributed by atoms with Gasteiger partial charge in [0.1, 0.15) is 36.3 Å². The number of methoxy groups -OCH3 is 1. The molecule has 2 rings (SSSR count). The van der Waals surface area contributed by atoms with Crippen molar-refractivity contribution in [1.82, 2.24) is 15.4 Å². The predicted molar refractivity (Wildman–Crippen MR) is 156 cm³/mol. The van der Waals surface area contributed by atoms with E-state index in [-0.39, 0.29) is 30.1 Å². The van der Waals surface area contributed by atoms with Gasteiger partial charge >= 0.3 is 5.97 Å². The zero-order valence-corrected chi connectivity index (χ0v) is 24.8. The number of nitrogens with one attached hydrogen (secondary N) is 3. The van der Waals surface area contributed by atoms with Crippen LogP contribution < -0.4 is 20.1 Å². The van der Waals surface area contributed by atoms with Crippen LogP contribution in [0.15, 0.2) is 78.7 Å². The van der Waals surface area contributed by atoms with Crippen molar-refractivity contribution in [3.8, 4) is 5.75 Å². The number of halogens is 1. The van der Waals surface area contributed by atoms with Crippen LogP contribution in [0.4, 0.5) is 4.39 Å². The first-order chi connectivity index (χ1) is 19.9. The van der Waals surface area contributed by atoms with Crippen LogP contribution in [0.2, 0.25) is 0 Å². The first-order valence-corrected chi connectivity index (χ1v) is 14.8. The van der Waals surface area contributed by atoms with Crippen molar-refractivity contribution in [2.75, 3.05) is 13.7 Å². The molecular formula is C30H38FN3O7S. The highest BCUT2D eigenvalue weighted by Crippen LogP contribution is 2.16. The van der Waals surface area contributed by atoms with E-state index in [0.717, 1.165) is 24.3 Å². The molecule has 42 heavy (non-hydrogen) atoms. The molecule has 0 aliphatic heterocycles. The summed E-state index contributed by atoms with van der Waals surface area (Å²) in [5, 5.41) is 5.22. The monoisotopic (exact) mass is 603 g/mol. The normalized spacial score (nSPS) is 13.4. The summed E-state index contributed by atoms with van der Waals surface area (Å²) in [5.74, 6) is -2.20. The molecule has 0 bridgehead atoms. The molecule has 12 heteroatoms. The molecule has 3 unspecified atom stereocenters. The summed E-state index contributed by atoms with van der Waals surface area (Å²) < 4.78 is 52.4. The maximum Gasteiger partial charge on any atom is 0.328 e. The summed E-state index contributed by atoms with van der Waals surface area (Å²) >= 11 is 0. The maximum absolute atomic E-state index is 13.6. The van der Waals surface area contributed by atoms with Gasteiger partial charge in [-0.3, -0.25) is 9.59 Å². The highest BCUT2D eigenvalue weighted by atomic mass is 32.2. The molecule has 3 atom stereocenters. The van der Waals surface area contributed by atoms with Crippen molar-refractivity contribution in [3.05, 3.63) is 85.2 Å². The summed E-state index contributed by atoms with van der Waals surface area (Å²) in [6.07, 6.45) is 3.27. The third kappa shape index (κ3) is 10.7. The lowest BCUT2D eigenvalue weighted by Crippen LogP contribution is -2.56. The Bertz CT molecular complexity index is 1330. The fourth-order valence-electron chi connectivity index (χ4n) is 3.94. The van der Waals surface area contributed by atoms with Crippen molar-refractivity contribution in [2.24, 2.45) is 5.92 Å². The number of hydrogen-bond acceptors (Lipinski definition) is 7. The Labute approximate surface area is 246 Å². The molecule has 2 amide bonds. The van der Waals surface area contributed by atoms with E-state index in [9.17, 15) is 27.2 Å². The summed E-state index contributed by atoms with van der Waals surface area (Å²) in [4.78, 5) is 38.7. The molecular weight excluding hydrogens is 565 g/mol. The molecule has 0 aromatic heterocycles. The highest BCUT2D eigenvalue weighted by molar-refractivity contribution is 7.89. The fraction of sp³-hybridized carbons (Fsp3) is 0.367. The van der Waals surface area contributed by atoms with Gasteiger partial charge in [0.05, 0.1) is 12.0 Å². The minimum atomic E-state index is -4.27. The van der Waals surface area contributed by atoms with Gasteiger partial charge in [0, 0.05) is 0 Å². The third-order valence-corrected chi connectivity index (χ3v) is 7.50. The van der Waals surface area contributed by atoms with E-state index in [2.05, 4.69) is 28.5 Å². The zero-order chi connectivity index (χ0) is 31.3. The number of benzene rings is 2. The van der Waals surface area contributed by atoms with E-state index in [1.54, 1.807) is 30.3 Å². The van der Waals surface area contributed by atoms with Crippen molar-refractivity contribution in [1.29, 1.82) is 0 Å². The third-order valence-electron chi connectivity index (χ3n) is 6.01. The van der Waals surface area contributed by atoms with Gasteiger partial charge in [0.2, 0.25) is 21.8 Å². The van der Waals surface area contributed by atoms with E-state index in [1.165, 1.54) is 13.2 Å². The Kier molecular flexibility index (Phi) is 13.4. The van der Waals surface area contributed by atoms with Gasteiger partial charge in [-0.15, -0.1) is 6.58 Å². The SMILES string of the molecule is C=CCOc1ccc(CC(NS(=O)(=O)c2ccc(F)cc2)C(=O)NC(CC(C)C)C(=O)NC(CC=C)C(=O)OC)cc1. The number of esters is 1. The first kappa shape index (κ1) is 34.2. The molecule has 10 nitrogen and oxygen atoms in total. The van der Waals surface area contributed by atoms with E-state index in [1.807, 2.05) is 13.8 Å². The second-order valence-corrected chi connectivity index (χ2v) is 11.6. The number of sulfonamides is 1. The van der Waals surface area contributed by atoms with Crippen LogP contribution in [0, 0.1) is 11.7 Å². The van der Waals surface area contributed by atoms with Crippen LogP contribution in [0.5, 0.6) is 5.75 Å². The Balaban J connectivity index is 2.36. The number of rotatable bonds is 17. The van der Waals surface area contributed by atoms with Crippen LogP contribution in [-0.2, 0) is 35.6 Å². The molecule has 2 aromatic rings. The molecule has 0 saturated heterocycles. The van der Waals surface area contributed by atoms with Crippen LogP contribution >= 0.6 is 0 Å². The van der Waals surface area contributed by atoms with Crippen molar-refractivity contribution >= 4 is 27.8 Å². The Morgan fingerprint density at radius 3 is 2.05 bits per heavy atom. The molecule has 0 aliphatic carbocycles. The van der Waals surface area contributed by atoms with Gasteiger partial charge < -0.3 is 20.1 Å². The molecule has 2 aromatic carbocycles. The summed E-state index contributed by atoms with van der Waals surface area (Å²) in [5.41, 5.74) is 0.601. The molecule has 0 fully saturated rings. The smallest absolute Gasteiger partial charge is 0.328 e. The van der Waals surface area contributed by atoms with Gasteiger partial charge in [-0.2, -0.15) is 4.72 Å². The molecule has 228 valence electrons. The van der Waals surface area contributed by atoms with Gasteiger partial charge in [-0.25, -0.2) is 17.6 Å². The Morgan fingerprint density at radius 2 is 1.50 bits per heavy atom. The summed E-state index contributed by atoms with van der Waals surface area (Å²) in [7, 11) is -3.08. The second-order valence-electron chi connectivity index (χ2n) is 9.87. The number of carbonyl (C=O) groups is 3. The number of amides is 2. The zero-order valence-electron chi connectivity index (χ0n) is 24.0. The molecule has 0 radical (unpaired) electrons. The van der Waals surface area contributed by atoms with Crippen LogP contribution in [0.25, 0.3) is 0 Å². The second kappa shape index (κ2) is 16.4. The molecule has 0 spiro atoms. The van der Waals surface area contributed by atoms with Crippen LogP contribution in [0.1, 0.15) is 32.3 Å². The standard InChI is InChI=1S/C30H38FN3O7S/c1-6-8-25(30(37)40-5)32-28(35)26(18-20(3)4)33-29(36)27(19-21-9-13-23(14-10-21)41-17-7-2)34-42(38,39)24-15-11-22(31)12-16-24/h6-7,9-16,20,25-27,34H,1-2,8,17-19H2,3-5H3,(H,32,35)(H,33,36). The molecule has 0 aliphatic rings. The molecule has 3 N–H and O–H groups in total. The van der Waals surface area contributed by atoms with Crippen molar-refractivity contribution in [2.45, 2.75) is 56.1 Å². The predicted octanol–water partition coefficient (Wildman–Crippen LogP) is 3.04. The summed E-state index contributed by atoms with van der Waals surface area (Å²) in [6, 6.07) is 7.40. The van der Waals surface area contributed by atoms with E-state index >= 15 is 0 Å². The number of hydrogen-bond donors (Lipinski definition) is 3. The van der Waals surface area contributed by atoms with Crippen LogP contribution in [-0.4, -0.2) is 58.0 Å². The molecule has 0 saturated carbocycles.